The maximum absolute atomic E-state index is 12.7. The standard InChI is InChI=1S/C22H21N3O2/c1-2-16-11-12-18-19(14-16)24-21(23-18)20-10-6-7-13-25(20)22(26)27-15-17-8-4-3-5-9-17/h1,3-5,8-9,11-12,14,20H,6-7,10,13,15H2,(H,23,24)/t20-/m0/s1. The first-order valence-electron chi connectivity index (χ1n) is 9.18. The van der Waals surface area contributed by atoms with E-state index in [2.05, 4.69) is 10.9 Å². The molecule has 1 saturated heterocycles. The minimum absolute atomic E-state index is 0.108. The summed E-state index contributed by atoms with van der Waals surface area (Å²) < 4.78 is 5.55. The Hall–Kier alpha value is -3.26. The van der Waals surface area contributed by atoms with Gasteiger partial charge in [0.25, 0.3) is 0 Å². The van der Waals surface area contributed by atoms with Gasteiger partial charge in [0.1, 0.15) is 12.4 Å². The molecule has 0 radical (unpaired) electrons. The van der Waals surface area contributed by atoms with Crippen molar-refractivity contribution in [2.75, 3.05) is 6.54 Å². The van der Waals surface area contributed by atoms with Crippen molar-refractivity contribution in [1.82, 2.24) is 14.9 Å². The fraction of sp³-hybridized carbons (Fsp3) is 0.273. The summed E-state index contributed by atoms with van der Waals surface area (Å²) in [5.41, 5.74) is 3.52. The fourth-order valence-electron chi connectivity index (χ4n) is 3.51. The Labute approximate surface area is 158 Å². The molecular formula is C22H21N3O2. The summed E-state index contributed by atoms with van der Waals surface area (Å²) in [5.74, 6) is 3.42. The molecule has 0 saturated carbocycles. The zero-order chi connectivity index (χ0) is 18.6. The van der Waals surface area contributed by atoms with E-state index >= 15 is 0 Å². The third-order valence-corrected chi connectivity index (χ3v) is 4.93. The van der Waals surface area contributed by atoms with Gasteiger partial charge < -0.3 is 9.72 Å². The van der Waals surface area contributed by atoms with Crippen molar-refractivity contribution in [2.24, 2.45) is 0 Å². The molecule has 2 heterocycles. The largest absolute Gasteiger partial charge is 0.445 e. The smallest absolute Gasteiger partial charge is 0.410 e. The van der Waals surface area contributed by atoms with Crippen molar-refractivity contribution in [3.05, 3.63) is 65.5 Å². The van der Waals surface area contributed by atoms with Crippen LogP contribution in [0.25, 0.3) is 11.0 Å². The number of carbonyl (C=O) groups is 1. The van der Waals surface area contributed by atoms with Gasteiger partial charge >= 0.3 is 6.09 Å². The van der Waals surface area contributed by atoms with Gasteiger partial charge in [-0.05, 0) is 43.0 Å². The number of nitrogens with one attached hydrogen (secondary N) is 1. The Kier molecular flexibility index (Phi) is 4.80. The number of benzene rings is 2. The zero-order valence-corrected chi connectivity index (χ0v) is 15.0. The predicted octanol–water partition coefficient (Wildman–Crippen LogP) is 4.41. The van der Waals surface area contributed by atoms with Crippen molar-refractivity contribution in [3.63, 3.8) is 0 Å². The minimum Gasteiger partial charge on any atom is -0.445 e. The van der Waals surface area contributed by atoms with Crippen molar-refractivity contribution >= 4 is 17.1 Å². The lowest BCUT2D eigenvalue weighted by molar-refractivity contribution is 0.0661. The van der Waals surface area contributed by atoms with Crippen LogP contribution in [0.2, 0.25) is 0 Å². The quantitative estimate of drug-likeness (QED) is 0.705. The van der Waals surface area contributed by atoms with E-state index in [-0.39, 0.29) is 18.7 Å². The number of piperidine rings is 1. The number of imidazole rings is 1. The number of amides is 1. The maximum atomic E-state index is 12.7. The number of terminal acetylenes is 1. The van der Waals surface area contributed by atoms with Gasteiger partial charge in [-0.15, -0.1) is 6.42 Å². The lowest BCUT2D eigenvalue weighted by atomic mass is 10.0. The van der Waals surface area contributed by atoms with E-state index < -0.39 is 0 Å². The molecule has 1 fully saturated rings. The number of rotatable bonds is 3. The first-order chi connectivity index (χ1) is 13.2. The Morgan fingerprint density at radius 3 is 2.93 bits per heavy atom. The average Bonchev–Trinajstić information content (AvgIpc) is 3.16. The van der Waals surface area contributed by atoms with E-state index in [0.29, 0.717) is 6.54 Å². The molecule has 136 valence electrons. The summed E-state index contributed by atoms with van der Waals surface area (Å²) >= 11 is 0. The number of aromatic amines is 1. The van der Waals surface area contributed by atoms with Crippen LogP contribution in [0.1, 0.15) is 42.3 Å². The number of hydrogen-bond acceptors (Lipinski definition) is 3. The van der Waals surface area contributed by atoms with E-state index in [1.165, 1.54) is 0 Å². The Morgan fingerprint density at radius 2 is 2.11 bits per heavy atom. The summed E-state index contributed by atoms with van der Waals surface area (Å²) in [7, 11) is 0. The van der Waals surface area contributed by atoms with Crippen LogP contribution in [0.5, 0.6) is 0 Å². The number of carbonyl (C=O) groups excluding carboxylic acids is 1. The molecule has 27 heavy (non-hydrogen) atoms. The molecule has 3 aromatic rings. The monoisotopic (exact) mass is 359 g/mol. The number of nitrogens with zero attached hydrogens (tertiary/aromatic N) is 2. The van der Waals surface area contributed by atoms with E-state index in [4.69, 9.17) is 16.1 Å². The highest BCUT2D eigenvalue weighted by molar-refractivity contribution is 5.77. The molecule has 0 bridgehead atoms. The van der Waals surface area contributed by atoms with Crippen LogP contribution < -0.4 is 0 Å². The van der Waals surface area contributed by atoms with Crippen LogP contribution in [-0.2, 0) is 11.3 Å². The third kappa shape index (κ3) is 3.65. The van der Waals surface area contributed by atoms with Crippen LogP contribution in [0, 0.1) is 12.3 Å². The zero-order valence-electron chi connectivity index (χ0n) is 15.0. The molecule has 1 amide bonds. The van der Waals surface area contributed by atoms with Crippen molar-refractivity contribution in [1.29, 1.82) is 0 Å². The average molecular weight is 359 g/mol. The number of fused-ring (bicyclic) bond motifs is 1. The van der Waals surface area contributed by atoms with Gasteiger partial charge in [0, 0.05) is 12.1 Å². The van der Waals surface area contributed by atoms with Crippen LogP contribution in [0.3, 0.4) is 0 Å². The summed E-state index contributed by atoms with van der Waals surface area (Å²) in [5, 5.41) is 0. The van der Waals surface area contributed by atoms with Crippen molar-refractivity contribution < 1.29 is 9.53 Å². The van der Waals surface area contributed by atoms with Gasteiger partial charge in [-0.2, -0.15) is 0 Å². The molecule has 1 atom stereocenters. The van der Waals surface area contributed by atoms with E-state index in [1.807, 2.05) is 48.5 Å². The second-order valence-electron chi connectivity index (χ2n) is 6.74. The fourth-order valence-corrected chi connectivity index (χ4v) is 3.51. The van der Waals surface area contributed by atoms with Gasteiger partial charge in [0.05, 0.1) is 17.1 Å². The summed E-state index contributed by atoms with van der Waals surface area (Å²) in [6.45, 7) is 0.944. The van der Waals surface area contributed by atoms with E-state index in [9.17, 15) is 4.79 Å². The van der Waals surface area contributed by atoms with Gasteiger partial charge in [-0.3, -0.25) is 4.90 Å². The second kappa shape index (κ2) is 7.55. The Bertz CT molecular complexity index is 988. The van der Waals surface area contributed by atoms with Crippen LogP contribution in [-0.4, -0.2) is 27.5 Å². The van der Waals surface area contributed by atoms with Crippen LogP contribution >= 0.6 is 0 Å². The number of hydrogen-bond donors (Lipinski definition) is 1. The predicted molar refractivity (Wildman–Crippen MR) is 104 cm³/mol. The molecule has 0 aliphatic carbocycles. The molecule has 2 aromatic carbocycles. The minimum atomic E-state index is -0.298. The molecule has 0 unspecified atom stereocenters. The number of likely N-dealkylation sites (tertiary alicyclic amines) is 1. The van der Waals surface area contributed by atoms with Gasteiger partial charge in [-0.1, -0.05) is 36.3 Å². The first-order valence-corrected chi connectivity index (χ1v) is 9.18. The number of aromatic nitrogens is 2. The lowest BCUT2D eigenvalue weighted by Gasteiger charge is -2.33. The normalized spacial score (nSPS) is 16.9. The van der Waals surface area contributed by atoms with Crippen LogP contribution in [0.15, 0.2) is 48.5 Å². The third-order valence-electron chi connectivity index (χ3n) is 4.93. The molecule has 1 aliphatic heterocycles. The van der Waals surface area contributed by atoms with E-state index in [1.54, 1.807) is 4.90 Å². The molecular weight excluding hydrogens is 338 g/mol. The Morgan fingerprint density at radius 1 is 1.26 bits per heavy atom. The van der Waals surface area contributed by atoms with Gasteiger partial charge in [-0.25, -0.2) is 9.78 Å². The summed E-state index contributed by atoms with van der Waals surface area (Å²) in [4.78, 5) is 22.5. The molecule has 0 spiro atoms. The second-order valence-corrected chi connectivity index (χ2v) is 6.74. The molecule has 5 heteroatoms. The summed E-state index contributed by atoms with van der Waals surface area (Å²) in [6, 6.07) is 15.3. The summed E-state index contributed by atoms with van der Waals surface area (Å²) in [6.07, 6.45) is 8.07. The topological polar surface area (TPSA) is 58.2 Å². The number of H-pyrrole nitrogens is 1. The molecule has 1 aliphatic rings. The molecule has 1 N–H and O–H groups in total. The maximum Gasteiger partial charge on any atom is 0.410 e. The molecule has 1 aromatic heterocycles. The highest BCUT2D eigenvalue weighted by atomic mass is 16.6. The highest BCUT2D eigenvalue weighted by Crippen LogP contribution is 2.31. The van der Waals surface area contributed by atoms with Crippen molar-refractivity contribution in [3.8, 4) is 12.3 Å². The lowest BCUT2D eigenvalue weighted by Crippen LogP contribution is -2.39. The van der Waals surface area contributed by atoms with E-state index in [0.717, 1.165) is 47.2 Å². The van der Waals surface area contributed by atoms with Gasteiger partial charge in [0.2, 0.25) is 0 Å². The van der Waals surface area contributed by atoms with Gasteiger partial charge in [0.15, 0.2) is 0 Å². The Balaban J connectivity index is 1.53. The number of ether oxygens (including phenoxy) is 1. The van der Waals surface area contributed by atoms with Crippen LogP contribution in [0.4, 0.5) is 4.79 Å². The molecule has 5 nitrogen and oxygen atoms in total. The first kappa shape index (κ1) is 17.2. The molecule has 4 rings (SSSR count). The van der Waals surface area contributed by atoms with Crippen molar-refractivity contribution in [2.45, 2.75) is 31.9 Å². The highest BCUT2D eigenvalue weighted by Gasteiger charge is 2.31. The SMILES string of the molecule is C#Cc1ccc2[nH]c([C@@H]3CCCCN3C(=O)OCc3ccccc3)nc2c1.